The summed E-state index contributed by atoms with van der Waals surface area (Å²) in [6.45, 7) is 0.583. The molecule has 2 aromatic rings. The van der Waals surface area contributed by atoms with Crippen molar-refractivity contribution in [2.45, 2.75) is 18.9 Å². The summed E-state index contributed by atoms with van der Waals surface area (Å²) in [7, 11) is 1.29. The Kier molecular flexibility index (Phi) is 5.83. The minimum absolute atomic E-state index is 0.226. The Hall–Kier alpha value is -3.19. The van der Waals surface area contributed by atoms with Crippen LogP contribution >= 0.6 is 0 Å². The van der Waals surface area contributed by atoms with Crippen LogP contribution in [0.25, 0.3) is 0 Å². The maximum Gasteiger partial charge on any atom is 0.343 e. The number of carbonyl (C=O) groups excluding carboxylic acids is 3. The molecule has 0 bridgehead atoms. The van der Waals surface area contributed by atoms with Gasteiger partial charge in [0.05, 0.1) is 18.2 Å². The number of esters is 2. The minimum Gasteiger partial charge on any atom is -0.465 e. The number of nitrogens with one attached hydrogen (secondary N) is 1. The highest BCUT2D eigenvalue weighted by atomic mass is 16.5. The van der Waals surface area contributed by atoms with Crippen molar-refractivity contribution in [3.63, 3.8) is 0 Å². The van der Waals surface area contributed by atoms with E-state index in [-0.39, 0.29) is 11.5 Å². The second-order valence-corrected chi connectivity index (χ2v) is 5.98. The number of methoxy groups -OCH3 is 1. The molecule has 2 aromatic carbocycles. The zero-order chi connectivity index (χ0) is 19.2. The lowest BCUT2D eigenvalue weighted by atomic mass is 10.2. The zero-order valence-corrected chi connectivity index (χ0v) is 14.8. The van der Waals surface area contributed by atoms with Gasteiger partial charge in [-0.1, -0.05) is 6.07 Å². The molecule has 27 heavy (non-hydrogen) atoms. The van der Waals surface area contributed by atoms with Gasteiger partial charge in [0.2, 0.25) is 0 Å². The van der Waals surface area contributed by atoms with Gasteiger partial charge in [-0.05, 0) is 55.3 Å². The third-order valence-corrected chi connectivity index (χ3v) is 4.07. The molecule has 1 N–H and O–H groups in total. The molecule has 0 aromatic heterocycles. The number of hydrogen-bond acceptors (Lipinski definition) is 6. The summed E-state index contributed by atoms with van der Waals surface area (Å²) in [6.07, 6.45) is 1.10. The lowest BCUT2D eigenvalue weighted by Gasteiger charge is -2.11. The summed E-state index contributed by atoms with van der Waals surface area (Å²) < 4.78 is 15.3. The molecule has 7 heteroatoms. The van der Waals surface area contributed by atoms with Gasteiger partial charge < -0.3 is 19.5 Å². The molecule has 1 atom stereocenters. The van der Waals surface area contributed by atoms with Crippen LogP contribution in [0.4, 0.5) is 5.69 Å². The smallest absolute Gasteiger partial charge is 0.343 e. The van der Waals surface area contributed by atoms with Crippen LogP contribution in [0.15, 0.2) is 48.5 Å². The van der Waals surface area contributed by atoms with E-state index in [1.165, 1.54) is 37.4 Å². The number of amides is 1. The Bertz CT molecular complexity index is 840. The van der Waals surface area contributed by atoms with Crippen LogP contribution in [-0.4, -0.2) is 37.7 Å². The molecule has 0 saturated carbocycles. The summed E-state index contributed by atoms with van der Waals surface area (Å²) in [5.41, 5.74) is 1.14. The van der Waals surface area contributed by atoms with Crippen LogP contribution in [0, 0.1) is 0 Å². The zero-order valence-electron chi connectivity index (χ0n) is 14.8. The van der Waals surface area contributed by atoms with E-state index >= 15 is 0 Å². The predicted molar refractivity (Wildman–Crippen MR) is 96.8 cm³/mol. The molecule has 140 valence electrons. The first-order chi connectivity index (χ1) is 13.1. The van der Waals surface area contributed by atoms with Crippen LogP contribution < -0.4 is 10.1 Å². The van der Waals surface area contributed by atoms with Crippen molar-refractivity contribution in [2.75, 3.05) is 19.0 Å². The largest absolute Gasteiger partial charge is 0.465 e. The molecule has 0 radical (unpaired) electrons. The highest BCUT2D eigenvalue weighted by Gasteiger charge is 2.23. The summed E-state index contributed by atoms with van der Waals surface area (Å²) >= 11 is 0. The average molecular weight is 369 g/mol. The molecule has 0 spiro atoms. The first-order valence-corrected chi connectivity index (χ1v) is 8.50. The first-order valence-electron chi connectivity index (χ1n) is 8.50. The second-order valence-electron chi connectivity index (χ2n) is 5.98. The highest BCUT2D eigenvalue weighted by Crippen LogP contribution is 2.18. The van der Waals surface area contributed by atoms with E-state index in [4.69, 9.17) is 9.47 Å². The Morgan fingerprint density at radius 1 is 1.04 bits per heavy atom. The summed E-state index contributed by atoms with van der Waals surface area (Å²) in [5, 5.41) is 2.75. The number of benzene rings is 2. The van der Waals surface area contributed by atoms with Crippen molar-refractivity contribution in [2.24, 2.45) is 0 Å². The first kappa shape index (κ1) is 18.6. The molecular formula is C20H19NO6. The molecule has 1 aliphatic rings. The summed E-state index contributed by atoms with van der Waals surface area (Å²) in [4.78, 5) is 35.9. The number of rotatable bonds is 5. The Labute approximate surface area is 156 Å². The molecule has 7 nitrogen and oxygen atoms in total. The van der Waals surface area contributed by atoms with Gasteiger partial charge >= 0.3 is 11.9 Å². The van der Waals surface area contributed by atoms with Crippen molar-refractivity contribution in [3.05, 3.63) is 59.7 Å². The fourth-order valence-corrected chi connectivity index (χ4v) is 2.67. The third-order valence-electron chi connectivity index (χ3n) is 4.07. The van der Waals surface area contributed by atoms with Gasteiger partial charge in [-0.25, -0.2) is 9.59 Å². The second kappa shape index (κ2) is 8.46. The van der Waals surface area contributed by atoms with Crippen LogP contribution in [-0.2, 0) is 14.3 Å². The lowest BCUT2D eigenvalue weighted by molar-refractivity contribution is -0.124. The predicted octanol–water partition coefficient (Wildman–Crippen LogP) is 2.81. The minimum atomic E-state index is -0.575. The van der Waals surface area contributed by atoms with Gasteiger partial charge in [0.25, 0.3) is 5.91 Å². The topological polar surface area (TPSA) is 90.9 Å². The van der Waals surface area contributed by atoms with Gasteiger partial charge in [0.1, 0.15) is 11.9 Å². The molecule has 0 aliphatic carbocycles. The third kappa shape index (κ3) is 4.71. The highest BCUT2D eigenvalue weighted by molar-refractivity contribution is 5.97. The number of ether oxygens (including phenoxy) is 3. The molecular weight excluding hydrogens is 350 g/mol. The lowest BCUT2D eigenvalue weighted by Crippen LogP contribution is -2.26. The SMILES string of the molecule is COC(=O)c1ccc(OC(=O)c2cccc(NC(=O)[C@@H]3CCCO3)c2)cc1. The maximum absolute atomic E-state index is 12.3. The molecule has 1 saturated heterocycles. The van der Waals surface area contributed by atoms with Crippen molar-refractivity contribution in [1.82, 2.24) is 0 Å². The molecule has 1 fully saturated rings. The summed E-state index contributed by atoms with van der Waals surface area (Å²) in [6, 6.07) is 12.5. The van der Waals surface area contributed by atoms with Gasteiger partial charge in [0, 0.05) is 12.3 Å². The molecule has 1 heterocycles. The van der Waals surface area contributed by atoms with E-state index in [1.807, 2.05) is 0 Å². The summed E-state index contributed by atoms with van der Waals surface area (Å²) in [5.74, 6) is -0.977. The fraction of sp³-hybridized carbons (Fsp3) is 0.250. The van der Waals surface area contributed by atoms with Crippen molar-refractivity contribution in [3.8, 4) is 5.75 Å². The van der Waals surface area contributed by atoms with E-state index in [2.05, 4.69) is 10.1 Å². The molecule has 1 aliphatic heterocycles. The Balaban J connectivity index is 1.64. The number of anilines is 1. The van der Waals surface area contributed by atoms with Crippen LogP contribution in [0.1, 0.15) is 33.6 Å². The molecule has 0 unspecified atom stereocenters. The van der Waals surface area contributed by atoms with Crippen molar-refractivity contribution < 1.29 is 28.6 Å². The van der Waals surface area contributed by atoms with Crippen molar-refractivity contribution >= 4 is 23.5 Å². The van der Waals surface area contributed by atoms with Gasteiger partial charge in [-0.2, -0.15) is 0 Å². The maximum atomic E-state index is 12.3. The normalized spacial score (nSPS) is 15.8. The van der Waals surface area contributed by atoms with Crippen LogP contribution in [0.5, 0.6) is 5.75 Å². The van der Waals surface area contributed by atoms with Crippen LogP contribution in [0.2, 0.25) is 0 Å². The monoisotopic (exact) mass is 369 g/mol. The number of hydrogen-bond donors (Lipinski definition) is 1. The van der Waals surface area contributed by atoms with E-state index in [0.29, 0.717) is 30.0 Å². The van der Waals surface area contributed by atoms with E-state index in [1.54, 1.807) is 18.2 Å². The van der Waals surface area contributed by atoms with Gasteiger partial charge in [-0.15, -0.1) is 0 Å². The Morgan fingerprint density at radius 3 is 2.48 bits per heavy atom. The van der Waals surface area contributed by atoms with Crippen molar-refractivity contribution in [1.29, 1.82) is 0 Å². The standard InChI is InChI=1S/C20H19NO6/c1-25-19(23)13-7-9-16(10-8-13)27-20(24)14-4-2-5-15(12-14)21-18(22)17-6-3-11-26-17/h2,4-5,7-10,12,17H,3,6,11H2,1H3,(H,21,22)/t17-/m0/s1. The Morgan fingerprint density at radius 2 is 1.81 bits per heavy atom. The number of carbonyl (C=O) groups is 3. The van der Waals surface area contributed by atoms with E-state index < -0.39 is 18.0 Å². The molecule has 3 rings (SSSR count). The molecule has 1 amide bonds. The fourth-order valence-electron chi connectivity index (χ4n) is 2.67. The van der Waals surface area contributed by atoms with E-state index in [9.17, 15) is 14.4 Å². The average Bonchev–Trinajstić information content (AvgIpc) is 3.23. The van der Waals surface area contributed by atoms with E-state index in [0.717, 1.165) is 6.42 Å². The van der Waals surface area contributed by atoms with Gasteiger partial charge in [0.15, 0.2) is 0 Å². The quantitative estimate of drug-likeness (QED) is 0.644. The van der Waals surface area contributed by atoms with Gasteiger partial charge in [-0.3, -0.25) is 4.79 Å². The van der Waals surface area contributed by atoms with Crippen LogP contribution in [0.3, 0.4) is 0 Å².